The summed E-state index contributed by atoms with van der Waals surface area (Å²) < 4.78 is 2.16. The van der Waals surface area contributed by atoms with Crippen LogP contribution in [0.4, 0.5) is 0 Å². The zero-order valence-corrected chi connectivity index (χ0v) is 19.3. The van der Waals surface area contributed by atoms with E-state index in [0.717, 1.165) is 42.1 Å². The molecule has 3 aromatic rings. The van der Waals surface area contributed by atoms with Crippen molar-refractivity contribution in [1.82, 2.24) is 24.5 Å². The van der Waals surface area contributed by atoms with Crippen LogP contribution in [-0.2, 0) is 11.3 Å². The highest BCUT2D eigenvalue weighted by Crippen LogP contribution is 2.17. The van der Waals surface area contributed by atoms with Crippen LogP contribution in [0.3, 0.4) is 0 Å². The lowest BCUT2D eigenvalue weighted by Gasteiger charge is -2.34. The Morgan fingerprint density at radius 2 is 1.62 bits per heavy atom. The van der Waals surface area contributed by atoms with E-state index in [2.05, 4.69) is 46.8 Å². The number of amides is 2. The van der Waals surface area contributed by atoms with Gasteiger partial charge in [-0.25, -0.2) is 4.98 Å². The van der Waals surface area contributed by atoms with Gasteiger partial charge >= 0.3 is 0 Å². The predicted octanol–water partition coefficient (Wildman–Crippen LogP) is 2.64. The van der Waals surface area contributed by atoms with E-state index in [1.54, 1.807) is 0 Å². The molecule has 168 valence electrons. The highest BCUT2D eigenvalue weighted by atomic mass is 16.2. The van der Waals surface area contributed by atoms with Crippen molar-refractivity contribution in [3.63, 3.8) is 0 Å². The number of hydrogen-bond acceptors (Lipinski definition) is 4. The molecule has 0 radical (unpaired) electrons. The molecule has 2 amide bonds. The number of piperazine rings is 1. The SMILES string of the molecule is Cc1cc(C)cc(C(=O)NCC(=O)N2CCN(Cc3c(C)nc4cc(C)ccn34)CC2)c1. The predicted molar refractivity (Wildman–Crippen MR) is 125 cm³/mol. The summed E-state index contributed by atoms with van der Waals surface area (Å²) in [6, 6.07) is 9.90. The van der Waals surface area contributed by atoms with Crippen LogP contribution >= 0.6 is 0 Å². The zero-order chi connectivity index (χ0) is 22.8. The first-order valence-corrected chi connectivity index (χ1v) is 11.1. The second-order valence-electron chi connectivity index (χ2n) is 8.79. The number of nitrogens with one attached hydrogen (secondary N) is 1. The van der Waals surface area contributed by atoms with Crippen LogP contribution < -0.4 is 5.32 Å². The first-order valence-electron chi connectivity index (χ1n) is 11.1. The third-order valence-corrected chi connectivity index (χ3v) is 6.06. The summed E-state index contributed by atoms with van der Waals surface area (Å²) in [5, 5.41) is 2.77. The number of rotatable bonds is 5. The molecule has 0 unspecified atom stereocenters. The number of carbonyl (C=O) groups is 2. The van der Waals surface area contributed by atoms with Gasteiger partial charge in [-0.2, -0.15) is 0 Å². The number of fused-ring (bicyclic) bond motifs is 1. The third kappa shape index (κ3) is 4.83. The number of nitrogens with zero attached hydrogens (tertiary/aromatic N) is 4. The Kier molecular flexibility index (Phi) is 6.28. The van der Waals surface area contributed by atoms with Gasteiger partial charge in [-0.05, 0) is 57.5 Å². The van der Waals surface area contributed by atoms with Crippen LogP contribution in [-0.4, -0.2) is 63.7 Å². The maximum Gasteiger partial charge on any atom is 0.251 e. The van der Waals surface area contributed by atoms with Crippen LogP contribution in [0, 0.1) is 27.7 Å². The molecule has 1 aliphatic heterocycles. The summed E-state index contributed by atoms with van der Waals surface area (Å²) in [5.74, 6) is -0.244. The molecule has 2 aromatic heterocycles. The van der Waals surface area contributed by atoms with E-state index in [-0.39, 0.29) is 18.4 Å². The third-order valence-electron chi connectivity index (χ3n) is 6.06. The fraction of sp³-hybridized carbons (Fsp3) is 0.400. The second-order valence-corrected chi connectivity index (χ2v) is 8.79. The van der Waals surface area contributed by atoms with Gasteiger partial charge < -0.3 is 14.6 Å². The Balaban J connectivity index is 1.29. The van der Waals surface area contributed by atoms with Crippen molar-refractivity contribution in [2.45, 2.75) is 34.2 Å². The van der Waals surface area contributed by atoms with Crippen LogP contribution in [0.15, 0.2) is 36.5 Å². The summed E-state index contributed by atoms with van der Waals surface area (Å²) in [4.78, 5) is 33.9. The van der Waals surface area contributed by atoms with E-state index >= 15 is 0 Å². The first-order chi connectivity index (χ1) is 15.3. The molecule has 1 aliphatic rings. The average Bonchev–Trinajstić information content (AvgIpc) is 3.05. The molecule has 32 heavy (non-hydrogen) atoms. The van der Waals surface area contributed by atoms with E-state index in [0.29, 0.717) is 18.7 Å². The lowest BCUT2D eigenvalue weighted by atomic mass is 10.1. The molecule has 7 nitrogen and oxygen atoms in total. The Morgan fingerprint density at radius 1 is 0.938 bits per heavy atom. The molecule has 7 heteroatoms. The van der Waals surface area contributed by atoms with Gasteiger partial charge in [0, 0.05) is 44.5 Å². The van der Waals surface area contributed by atoms with Crippen molar-refractivity contribution in [2.24, 2.45) is 0 Å². The van der Waals surface area contributed by atoms with Crippen LogP contribution in [0.2, 0.25) is 0 Å². The lowest BCUT2D eigenvalue weighted by molar-refractivity contribution is -0.131. The van der Waals surface area contributed by atoms with Gasteiger partial charge in [-0.1, -0.05) is 17.2 Å². The van der Waals surface area contributed by atoms with Gasteiger partial charge in [0.2, 0.25) is 5.91 Å². The number of benzene rings is 1. The Morgan fingerprint density at radius 3 is 2.31 bits per heavy atom. The minimum atomic E-state index is -0.206. The molecule has 0 bridgehead atoms. The number of aryl methyl sites for hydroxylation is 4. The normalized spacial score (nSPS) is 14.7. The number of hydrogen-bond donors (Lipinski definition) is 1. The fourth-order valence-corrected chi connectivity index (χ4v) is 4.35. The number of carbonyl (C=O) groups excluding carboxylic acids is 2. The van der Waals surface area contributed by atoms with Gasteiger partial charge in [0.1, 0.15) is 5.65 Å². The molecule has 3 heterocycles. The Labute approximate surface area is 189 Å². The van der Waals surface area contributed by atoms with Crippen molar-refractivity contribution in [1.29, 1.82) is 0 Å². The molecule has 1 aromatic carbocycles. The summed E-state index contributed by atoms with van der Waals surface area (Å²) in [5.41, 5.74) is 7.09. The lowest BCUT2D eigenvalue weighted by Crippen LogP contribution is -2.51. The van der Waals surface area contributed by atoms with Crippen molar-refractivity contribution in [3.05, 3.63) is 70.2 Å². The largest absolute Gasteiger partial charge is 0.343 e. The van der Waals surface area contributed by atoms with Gasteiger partial charge in [-0.3, -0.25) is 14.5 Å². The van der Waals surface area contributed by atoms with Gasteiger partial charge in [-0.15, -0.1) is 0 Å². The molecule has 1 fully saturated rings. The van der Waals surface area contributed by atoms with E-state index < -0.39 is 0 Å². The molecule has 1 saturated heterocycles. The van der Waals surface area contributed by atoms with Crippen LogP contribution in [0.25, 0.3) is 5.65 Å². The summed E-state index contributed by atoms with van der Waals surface area (Å²) in [6.45, 7) is 11.8. The zero-order valence-electron chi connectivity index (χ0n) is 19.3. The second kappa shape index (κ2) is 9.12. The Hall–Kier alpha value is -3.19. The van der Waals surface area contributed by atoms with Crippen LogP contribution in [0.5, 0.6) is 0 Å². The van der Waals surface area contributed by atoms with Crippen LogP contribution in [0.1, 0.15) is 38.4 Å². The molecule has 1 N–H and O–H groups in total. The summed E-state index contributed by atoms with van der Waals surface area (Å²) in [7, 11) is 0. The number of imidazole rings is 1. The monoisotopic (exact) mass is 433 g/mol. The molecule has 0 atom stereocenters. The van der Waals surface area contributed by atoms with Gasteiger partial charge in [0.15, 0.2) is 0 Å². The van der Waals surface area contributed by atoms with Crippen molar-refractivity contribution >= 4 is 17.5 Å². The molecular formula is C25H31N5O2. The van der Waals surface area contributed by atoms with Gasteiger partial charge in [0.25, 0.3) is 5.91 Å². The number of pyridine rings is 1. The van der Waals surface area contributed by atoms with E-state index in [1.165, 1.54) is 11.3 Å². The van der Waals surface area contributed by atoms with Crippen molar-refractivity contribution in [3.8, 4) is 0 Å². The standard InChI is InChI=1S/C25H31N5O2/c1-17-5-6-30-22(20(4)27-23(30)14-17)16-28-7-9-29(10-8-28)24(31)15-26-25(32)21-12-18(2)11-19(3)13-21/h5-6,11-14H,7-10,15-16H2,1-4H3,(H,26,32). The van der Waals surface area contributed by atoms with E-state index in [4.69, 9.17) is 4.98 Å². The topological polar surface area (TPSA) is 70.0 Å². The highest BCUT2D eigenvalue weighted by Gasteiger charge is 2.23. The molecule has 0 saturated carbocycles. The molecule has 0 aliphatic carbocycles. The molecular weight excluding hydrogens is 402 g/mol. The smallest absolute Gasteiger partial charge is 0.251 e. The number of aromatic nitrogens is 2. The fourth-order valence-electron chi connectivity index (χ4n) is 4.35. The average molecular weight is 434 g/mol. The van der Waals surface area contributed by atoms with Crippen molar-refractivity contribution in [2.75, 3.05) is 32.7 Å². The molecule has 0 spiro atoms. The van der Waals surface area contributed by atoms with Gasteiger partial charge in [0.05, 0.1) is 17.9 Å². The minimum absolute atomic E-state index is 0.0253. The van der Waals surface area contributed by atoms with Crippen molar-refractivity contribution < 1.29 is 9.59 Å². The van der Waals surface area contributed by atoms with E-state index in [9.17, 15) is 9.59 Å². The Bertz CT molecular complexity index is 1140. The maximum absolute atomic E-state index is 12.6. The summed E-state index contributed by atoms with van der Waals surface area (Å²) >= 11 is 0. The summed E-state index contributed by atoms with van der Waals surface area (Å²) in [6.07, 6.45) is 2.08. The maximum atomic E-state index is 12.6. The van der Waals surface area contributed by atoms with E-state index in [1.807, 2.05) is 36.9 Å². The highest BCUT2D eigenvalue weighted by molar-refractivity contribution is 5.96. The molecule has 4 rings (SSSR count). The minimum Gasteiger partial charge on any atom is -0.343 e. The first kappa shape index (κ1) is 22.0. The quantitative estimate of drug-likeness (QED) is 0.672.